The van der Waals surface area contributed by atoms with Crippen molar-refractivity contribution in [2.45, 2.75) is 6.61 Å². The molecule has 27 heavy (non-hydrogen) atoms. The van der Waals surface area contributed by atoms with Gasteiger partial charge in [0.05, 0.1) is 12.7 Å². The van der Waals surface area contributed by atoms with Gasteiger partial charge in [0.15, 0.2) is 17.6 Å². The Morgan fingerprint density at radius 1 is 1.22 bits per heavy atom. The molecule has 0 unspecified atom stereocenters. The lowest BCUT2D eigenvalue weighted by Gasteiger charge is -2.15. The zero-order valence-electron chi connectivity index (χ0n) is 14.6. The number of aromatic nitrogens is 4. The maximum absolute atomic E-state index is 12.0. The van der Waals surface area contributed by atoms with E-state index in [1.165, 1.54) is 0 Å². The summed E-state index contributed by atoms with van der Waals surface area (Å²) in [5, 5.41) is 11.8. The van der Waals surface area contributed by atoms with Crippen LogP contribution in [-0.4, -0.2) is 47.0 Å². The molecule has 2 aromatic heterocycles. The Hall–Kier alpha value is -3.20. The number of hydrogen-bond acceptors (Lipinski definition) is 9. The summed E-state index contributed by atoms with van der Waals surface area (Å²) in [7, 11) is 3.24. The fraction of sp³-hybridized carbons (Fsp3) is 0.235. The summed E-state index contributed by atoms with van der Waals surface area (Å²) in [6.07, 6.45) is 0. The number of benzene rings is 1. The molecule has 0 aliphatic heterocycles. The van der Waals surface area contributed by atoms with Crippen LogP contribution < -0.4 is 9.64 Å². The van der Waals surface area contributed by atoms with Gasteiger partial charge < -0.3 is 18.9 Å². The summed E-state index contributed by atoms with van der Waals surface area (Å²) in [6, 6.07) is 10.5. The Balaban J connectivity index is 1.56. The van der Waals surface area contributed by atoms with Crippen molar-refractivity contribution in [1.82, 2.24) is 20.3 Å². The number of carbonyl (C=O) groups excluding carboxylic acids is 1. The Morgan fingerprint density at radius 3 is 2.78 bits per heavy atom. The van der Waals surface area contributed by atoms with Crippen LogP contribution in [-0.2, 0) is 16.1 Å². The second-order valence-corrected chi connectivity index (χ2v) is 5.83. The fourth-order valence-electron chi connectivity index (χ4n) is 2.23. The van der Waals surface area contributed by atoms with Gasteiger partial charge >= 0.3 is 5.97 Å². The van der Waals surface area contributed by atoms with Crippen molar-refractivity contribution in [3.8, 4) is 17.1 Å². The fourth-order valence-corrected chi connectivity index (χ4v) is 2.33. The third-order valence-corrected chi connectivity index (χ3v) is 3.75. The van der Waals surface area contributed by atoms with Crippen LogP contribution in [0.25, 0.3) is 11.4 Å². The molecule has 0 saturated heterocycles. The minimum absolute atomic E-state index is 0.0240. The van der Waals surface area contributed by atoms with Gasteiger partial charge in [-0.25, -0.2) is 0 Å². The van der Waals surface area contributed by atoms with Gasteiger partial charge in [-0.15, -0.1) is 10.2 Å². The minimum atomic E-state index is -0.480. The highest BCUT2D eigenvalue weighted by Gasteiger charge is 2.15. The van der Waals surface area contributed by atoms with Crippen LogP contribution in [0.2, 0.25) is 5.15 Å². The predicted molar refractivity (Wildman–Crippen MR) is 96.4 cm³/mol. The quantitative estimate of drug-likeness (QED) is 0.563. The van der Waals surface area contributed by atoms with Gasteiger partial charge in [0.1, 0.15) is 12.3 Å². The molecule has 0 aliphatic rings. The summed E-state index contributed by atoms with van der Waals surface area (Å²) in [4.78, 5) is 17.8. The monoisotopic (exact) mass is 389 g/mol. The number of halogens is 1. The zero-order valence-corrected chi connectivity index (χ0v) is 15.4. The van der Waals surface area contributed by atoms with E-state index in [0.717, 1.165) is 0 Å². The number of likely N-dealkylation sites (N-methyl/N-ethyl adjacent to an activating group) is 1. The maximum atomic E-state index is 12.0. The summed E-state index contributed by atoms with van der Waals surface area (Å²) < 4.78 is 15.6. The topological polar surface area (TPSA) is 103 Å². The predicted octanol–water partition coefficient (Wildman–Crippen LogP) is 2.37. The van der Waals surface area contributed by atoms with Gasteiger partial charge in [-0.3, -0.25) is 4.79 Å². The highest BCUT2D eigenvalue weighted by Crippen LogP contribution is 2.27. The molecule has 1 aromatic carbocycles. The van der Waals surface area contributed by atoms with Crippen LogP contribution in [0, 0.1) is 0 Å². The van der Waals surface area contributed by atoms with E-state index in [1.54, 1.807) is 37.3 Å². The average molecular weight is 390 g/mol. The average Bonchev–Trinajstić information content (AvgIpc) is 3.15. The van der Waals surface area contributed by atoms with Crippen molar-refractivity contribution >= 4 is 23.4 Å². The highest BCUT2D eigenvalue weighted by atomic mass is 35.5. The number of rotatable bonds is 7. The van der Waals surface area contributed by atoms with E-state index in [2.05, 4.69) is 20.3 Å². The molecule has 0 amide bonds. The molecule has 0 saturated carbocycles. The van der Waals surface area contributed by atoms with E-state index in [0.29, 0.717) is 23.0 Å². The number of carbonyl (C=O) groups is 1. The van der Waals surface area contributed by atoms with Crippen LogP contribution in [0.1, 0.15) is 5.89 Å². The van der Waals surface area contributed by atoms with Crippen molar-refractivity contribution in [3.63, 3.8) is 0 Å². The van der Waals surface area contributed by atoms with Crippen molar-refractivity contribution in [2.75, 3.05) is 25.6 Å². The van der Waals surface area contributed by atoms with Crippen LogP contribution in [0.15, 0.2) is 40.9 Å². The van der Waals surface area contributed by atoms with E-state index < -0.39 is 5.97 Å². The molecule has 0 radical (unpaired) electrons. The molecule has 10 heteroatoms. The number of esters is 1. The Bertz CT molecular complexity index is 916. The lowest BCUT2D eigenvalue weighted by Crippen LogP contribution is -2.27. The molecular formula is C17H16ClN5O4. The smallest absolute Gasteiger partial charge is 0.326 e. The first-order chi connectivity index (χ1) is 13.1. The second-order valence-electron chi connectivity index (χ2n) is 5.44. The van der Waals surface area contributed by atoms with Crippen LogP contribution in [0.5, 0.6) is 5.75 Å². The lowest BCUT2D eigenvalue weighted by atomic mass is 10.2. The van der Waals surface area contributed by atoms with E-state index in [9.17, 15) is 4.79 Å². The molecule has 0 bridgehead atoms. The van der Waals surface area contributed by atoms with Crippen molar-refractivity contribution < 1.29 is 18.8 Å². The molecule has 9 nitrogen and oxygen atoms in total. The van der Waals surface area contributed by atoms with Crippen molar-refractivity contribution in [3.05, 3.63) is 47.4 Å². The summed E-state index contributed by atoms with van der Waals surface area (Å²) in [5.74, 6) is 1.16. The number of nitrogens with zero attached hydrogens (tertiary/aromatic N) is 5. The molecule has 3 rings (SSSR count). The number of methoxy groups -OCH3 is 1. The molecule has 0 N–H and O–H groups in total. The Kier molecular flexibility index (Phi) is 5.82. The summed E-state index contributed by atoms with van der Waals surface area (Å²) in [5.41, 5.74) is 0.683. The molecule has 0 aliphatic carbocycles. The number of anilines is 1. The number of ether oxygens (including phenoxy) is 2. The van der Waals surface area contributed by atoms with E-state index in [1.807, 2.05) is 18.2 Å². The first-order valence-electron chi connectivity index (χ1n) is 7.89. The Labute approximate surface area is 159 Å². The standard InChI is InChI=1S/C17H16ClN5O4/c1-23(14-8-7-13(18)20-21-14)9-16(24)26-10-15-19-17(22-27-15)11-5-3-4-6-12(11)25-2/h3-8H,9-10H2,1-2H3. The van der Waals surface area contributed by atoms with Gasteiger partial charge in [0.2, 0.25) is 5.82 Å². The van der Waals surface area contributed by atoms with Gasteiger partial charge in [-0.1, -0.05) is 28.9 Å². The van der Waals surface area contributed by atoms with Gasteiger partial charge in [-0.05, 0) is 24.3 Å². The number of para-hydroxylation sites is 1. The molecule has 140 valence electrons. The van der Waals surface area contributed by atoms with Crippen LogP contribution in [0.4, 0.5) is 5.82 Å². The zero-order chi connectivity index (χ0) is 19.2. The third kappa shape index (κ3) is 4.70. The second kappa shape index (κ2) is 8.45. The highest BCUT2D eigenvalue weighted by molar-refractivity contribution is 6.29. The third-order valence-electron chi connectivity index (χ3n) is 3.55. The lowest BCUT2D eigenvalue weighted by molar-refractivity contribution is -0.144. The SMILES string of the molecule is COc1ccccc1-c1noc(COC(=O)CN(C)c2ccc(Cl)nn2)n1. The van der Waals surface area contributed by atoms with E-state index in [-0.39, 0.29) is 24.2 Å². The first-order valence-corrected chi connectivity index (χ1v) is 8.26. The molecule has 0 atom stereocenters. The molecule has 2 heterocycles. The maximum Gasteiger partial charge on any atom is 0.326 e. The molecular weight excluding hydrogens is 374 g/mol. The summed E-state index contributed by atoms with van der Waals surface area (Å²) in [6.45, 7) is -0.162. The first kappa shape index (κ1) is 18.6. The molecule has 0 spiro atoms. The molecule has 3 aromatic rings. The van der Waals surface area contributed by atoms with Gasteiger partial charge in [-0.2, -0.15) is 4.98 Å². The largest absolute Gasteiger partial charge is 0.496 e. The van der Waals surface area contributed by atoms with Gasteiger partial charge in [0.25, 0.3) is 5.89 Å². The number of hydrogen-bond donors (Lipinski definition) is 0. The molecule has 0 fully saturated rings. The van der Waals surface area contributed by atoms with Crippen molar-refractivity contribution in [1.29, 1.82) is 0 Å². The minimum Gasteiger partial charge on any atom is -0.496 e. The van der Waals surface area contributed by atoms with E-state index >= 15 is 0 Å². The van der Waals surface area contributed by atoms with Crippen LogP contribution in [0.3, 0.4) is 0 Å². The summed E-state index contributed by atoms with van der Waals surface area (Å²) >= 11 is 5.69. The van der Waals surface area contributed by atoms with E-state index in [4.69, 9.17) is 25.6 Å². The van der Waals surface area contributed by atoms with Crippen LogP contribution >= 0.6 is 11.6 Å². The Morgan fingerprint density at radius 2 is 2.04 bits per heavy atom. The van der Waals surface area contributed by atoms with Crippen molar-refractivity contribution in [2.24, 2.45) is 0 Å². The van der Waals surface area contributed by atoms with Gasteiger partial charge in [0, 0.05) is 7.05 Å². The normalized spacial score (nSPS) is 10.5.